The van der Waals surface area contributed by atoms with E-state index in [0.29, 0.717) is 5.92 Å². The zero-order chi connectivity index (χ0) is 11.5. The van der Waals surface area contributed by atoms with Gasteiger partial charge in [-0.25, -0.2) is 0 Å². The Labute approximate surface area is 95.0 Å². The minimum absolute atomic E-state index is 0.354. The van der Waals surface area contributed by atoms with Gasteiger partial charge in [0.05, 0.1) is 7.11 Å². The van der Waals surface area contributed by atoms with Crippen LogP contribution in [0.5, 0.6) is 5.75 Å². The molecule has 0 radical (unpaired) electrons. The Balaban J connectivity index is 2.34. The summed E-state index contributed by atoms with van der Waals surface area (Å²) in [6.45, 7) is 4.16. The van der Waals surface area contributed by atoms with E-state index in [1.54, 1.807) is 7.11 Å². The second-order valence-electron chi connectivity index (χ2n) is 4.00. The van der Waals surface area contributed by atoms with Crippen LogP contribution >= 0.6 is 0 Å². The minimum Gasteiger partial charge on any atom is -0.497 e. The van der Waals surface area contributed by atoms with Crippen molar-refractivity contribution in [2.45, 2.75) is 19.8 Å². The Bertz CT molecular complexity index is 474. The fourth-order valence-corrected chi connectivity index (χ4v) is 1.48. The van der Waals surface area contributed by atoms with Crippen LogP contribution in [0.2, 0.25) is 0 Å². The second kappa shape index (κ2) is 4.39. The van der Waals surface area contributed by atoms with Crippen molar-refractivity contribution in [1.82, 2.24) is 5.16 Å². The van der Waals surface area contributed by atoms with Gasteiger partial charge in [0, 0.05) is 17.5 Å². The van der Waals surface area contributed by atoms with Crippen molar-refractivity contribution in [1.29, 1.82) is 0 Å². The van der Waals surface area contributed by atoms with Gasteiger partial charge in [-0.1, -0.05) is 31.1 Å². The van der Waals surface area contributed by atoms with E-state index >= 15 is 0 Å². The lowest BCUT2D eigenvalue weighted by Gasteiger charge is -2.00. The predicted octanol–water partition coefficient (Wildman–Crippen LogP) is 3.47. The maximum absolute atomic E-state index is 5.26. The van der Waals surface area contributed by atoms with Gasteiger partial charge in [0.2, 0.25) is 0 Å². The number of hydrogen-bond donors (Lipinski definition) is 0. The molecule has 0 aliphatic carbocycles. The van der Waals surface area contributed by atoms with E-state index in [1.807, 2.05) is 30.3 Å². The van der Waals surface area contributed by atoms with Crippen molar-refractivity contribution >= 4 is 0 Å². The summed E-state index contributed by atoms with van der Waals surface area (Å²) in [4.78, 5) is 0. The second-order valence-corrected chi connectivity index (χ2v) is 4.00. The summed E-state index contributed by atoms with van der Waals surface area (Å²) in [5.74, 6) is 2.08. The molecular formula is C13H15NO2. The van der Waals surface area contributed by atoms with E-state index in [4.69, 9.17) is 9.26 Å². The fourth-order valence-electron chi connectivity index (χ4n) is 1.48. The number of hydrogen-bond acceptors (Lipinski definition) is 3. The number of benzene rings is 1. The van der Waals surface area contributed by atoms with Crippen molar-refractivity contribution in [3.8, 4) is 17.0 Å². The van der Waals surface area contributed by atoms with Crippen LogP contribution in [0.3, 0.4) is 0 Å². The molecule has 3 heteroatoms. The third-order valence-corrected chi connectivity index (χ3v) is 2.46. The SMILES string of the molecule is COc1cccc(-c2cc(C(C)C)on2)c1. The molecule has 0 spiro atoms. The highest BCUT2D eigenvalue weighted by Gasteiger charge is 2.09. The number of aromatic nitrogens is 1. The van der Waals surface area contributed by atoms with E-state index in [-0.39, 0.29) is 0 Å². The summed E-state index contributed by atoms with van der Waals surface area (Å²) in [6.07, 6.45) is 0. The zero-order valence-corrected chi connectivity index (χ0v) is 9.73. The summed E-state index contributed by atoms with van der Waals surface area (Å²) < 4.78 is 10.4. The van der Waals surface area contributed by atoms with Crippen molar-refractivity contribution in [3.63, 3.8) is 0 Å². The van der Waals surface area contributed by atoms with Crippen LogP contribution in [0.1, 0.15) is 25.5 Å². The highest BCUT2D eigenvalue weighted by molar-refractivity contribution is 5.61. The monoisotopic (exact) mass is 217 g/mol. The molecule has 0 unspecified atom stereocenters. The molecule has 0 saturated heterocycles. The summed E-state index contributed by atoms with van der Waals surface area (Å²) in [7, 11) is 1.65. The van der Waals surface area contributed by atoms with E-state index in [9.17, 15) is 0 Å². The lowest BCUT2D eigenvalue weighted by Crippen LogP contribution is -1.83. The van der Waals surface area contributed by atoms with Crippen molar-refractivity contribution in [3.05, 3.63) is 36.1 Å². The van der Waals surface area contributed by atoms with Crippen molar-refractivity contribution in [2.75, 3.05) is 7.11 Å². The lowest BCUT2D eigenvalue weighted by atomic mass is 10.1. The molecule has 3 nitrogen and oxygen atoms in total. The van der Waals surface area contributed by atoms with Gasteiger partial charge in [-0.2, -0.15) is 0 Å². The van der Waals surface area contributed by atoms with Gasteiger partial charge < -0.3 is 9.26 Å². The van der Waals surface area contributed by atoms with Gasteiger partial charge in [-0.05, 0) is 12.1 Å². The smallest absolute Gasteiger partial charge is 0.139 e. The summed E-state index contributed by atoms with van der Waals surface area (Å²) in [5.41, 5.74) is 1.86. The van der Waals surface area contributed by atoms with Crippen LogP contribution < -0.4 is 4.74 Å². The number of ether oxygens (including phenoxy) is 1. The van der Waals surface area contributed by atoms with Crippen LogP contribution in [0, 0.1) is 0 Å². The average Bonchev–Trinajstić information content (AvgIpc) is 2.78. The molecule has 1 aromatic carbocycles. The van der Waals surface area contributed by atoms with Crippen LogP contribution in [-0.2, 0) is 0 Å². The van der Waals surface area contributed by atoms with Crippen LogP contribution in [0.4, 0.5) is 0 Å². The molecule has 0 saturated carbocycles. The van der Waals surface area contributed by atoms with E-state index in [0.717, 1.165) is 22.8 Å². The average molecular weight is 217 g/mol. The molecule has 2 rings (SSSR count). The molecule has 16 heavy (non-hydrogen) atoms. The lowest BCUT2D eigenvalue weighted by molar-refractivity contribution is 0.373. The Morgan fingerprint density at radius 3 is 2.69 bits per heavy atom. The molecule has 0 aliphatic rings. The first-order valence-corrected chi connectivity index (χ1v) is 5.31. The van der Waals surface area contributed by atoms with Gasteiger partial charge in [0.15, 0.2) is 0 Å². The highest BCUT2D eigenvalue weighted by atomic mass is 16.5. The number of nitrogens with zero attached hydrogens (tertiary/aromatic N) is 1. The molecule has 1 heterocycles. The summed E-state index contributed by atoms with van der Waals surface area (Å²) in [5, 5.41) is 4.05. The maximum atomic E-state index is 5.26. The Hall–Kier alpha value is -1.77. The number of rotatable bonds is 3. The minimum atomic E-state index is 0.354. The molecule has 0 fully saturated rings. The first-order chi connectivity index (χ1) is 7.70. The van der Waals surface area contributed by atoms with Gasteiger partial charge in [0.1, 0.15) is 17.2 Å². The Kier molecular flexibility index (Phi) is 2.95. The van der Waals surface area contributed by atoms with Gasteiger partial charge in [0.25, 0.3) is 0 Å². The molecule has 0 atom stereocenters. The molecule has 2 aromatic rings. The first kappa shape index (κ1) is 10.7. The normalized spacial score (nSPS) is 10.8. The van der Waals surface area contributed by atoms with Crippen molar-refractivity contribution < 1.29 is 9.26 Å². The third-order valence-electron chi connectivity index (χ3n) is 2.46. The van der Waals surface area contributed by atoms with Crippen molar-refractivity contribution in [2.24, 2.45) is 0 Å². The van der Waals surface area contributed by atoms with Gasteiger partial charge in [-0.3, -0.25) is 0 Å². The first-order valence-electron chi connectivity index (χ1n) is 5.31. The van der Waals surface area contributed by atoms with Crippen LogP contribution in [0.25, 0.3) is 11.3 Å². The maximum Gasteiger partial charge on any atom is 0.139 e. The quantitative estimate of drug-likeness (QED) is 0.789. The van der Waals surface area contributed by atoms with E-state index in [2.05, 4.69) is 19.0 Å². The predicted molar refractivity (Wildman–Crippen MR) is 62.6 cm³/mol. The van der Waals surface area contributed by atoms with Gasteiger partial charge in [-0.15, -0.1) is 0 Å². The summed E-state index contributed by atoms with van der Waals surface area (Å²) in [6, 6.07) is 9.76. The molecule has 1 aromatic heterocycles. The van der Waals surface area contributed by atoms with Crippen LogP contribution in [-0.4, -0.2) is 12.3 Å². The third kappa shape index (κ3) is 2.08. The van der Waals surface area contributed by atoms with Gasteiger partial charge >= 0.3 is 0 Å². The highest BCUT2D eigenvalue weighted by Crippen LogP contribution is 2.25. The molecule has 0 N–H and O–H groups in total. The molecule has 84 valence electrons. The molecular weight excluding hydrogens is 202 g/mol. The Morgan fingerprint density at radius 2 is 2.06 bits per heavy atom. The molecule has 0 amide bonds. The summed E-state index contributed by atoms with van der Waals surface area (Å²) >= 11 is 0. The Morgan fingerprint density at radius 1 is 1.25 bits per heavy atom. The van der Waals surface area contributed by atoms with E-state index < -0.39 is 0 Å². The molecule has 0 aliphatic heterocycles. The fraction of sp³-hybridized carbons (Fsp3) is 0.308. The van der Waals surface area contributed by atoms with E-state index in [1.165, 1.54) is 0 Å². The zero-order valence-electron chi connectivity index (χ0n) is 9.73. The van der Waals surface area contributed by atoms with Crippen LogP contribution in [0.15, 0.2) is 34.9 Å². The number of methoxy groups -OCH3 is 1. The topological polar surface area (TPSA) is 35.3 Å². The molecule has 0 bridgehead atoms. The standard InChI is InChI=1S/C13H15NO2/c1-9(2)13-8-12(14-16-13)10-5-4-6-11(7-10)15-3/h4-9H,1-3H3. The largest absolute Gasteiger partial charge is 0.497 e.